The number of hydrogen-bond acceptors (Lipinski definition) is 5. The van der Waals surface area contributed by atoms with Gasteiger partial charge in [-0.15, -0.1) is 0 Å². The van der Waals surface area contributed by atoms with E-state index in [-0.39, 0.29) is 18.3 Å². The minimum atomic E-state index is -1.04. The maximum Gasteiger partial charge on any atom is 0.410 e. The second kappa shape index (κ2) is 9.43. The standard InChI is InChI=1S/C19H26BrClN2O5/c1-12-14(13(17(24)25)9-15(21)16(12)20)10-27-11-22-5-7-23(8-6-22)18(26)28-19(2,3)4/h9H,5-8,10-11H2,1-4H3,(H,24,25). The van der Waals surface area contributed by atoms with Gasteiger partial charge in [0.2, 0.25) is 0 Å². The van der Waals surface area contributed by atoms with Gasteiger partial charge in [0, 0.05) is 30.7 Å². The van der Waals surface area contributed by atoms with Crippen molar-refractivity contribution in [1.29, 1.82) is 0 Å². The first-order valence-corrected chi connectivity index (χ1v) is 10.2. The predicted molar refractivity (Wildman–Crippen MR) is 110 cm³/mol. The number of carboxylic acid groups (broad SMARTS) is 1. The Balaban J connectivity index is 1.88. The number of carboxylic acids is 1. The van der Waals surface area contributed by atoms with Gasteiger partial charge in [-0.25, -0.2) is 9.59 Å². The number of nitrogens with zero attached hydrogens (tertiary/aromatic N) is 2. The summed E-state index contributed by atoms with van der Waals surface area (Å²) in [6.45, 7) is 10.3. The highest BCUT2D eigenvalue weighted by atomic mass is 79.9. The number of amides is 1. The average molecular weight is 478 g/mol. The molecule has 1 saturated heterocycles. The van der Waals surface area contributed by atoms with Crippen molar-refractivity contribution >= 4 is 39.6 Å². The number of carbonyl (C=O) groups is 2. The molecule has 28 heavy (non-hydrogen) atoms. The van der Waals surface area contributed by atoms with Crippen molar-refractivity contribution in [1.82, 2.24) is 9.80 Å². The third-order valence-corrected chi connectivity index (χ3v) is 5.91. The molecule has 0 unspecified atom stereocenters. The first kappa shape index (κ1) is 22.9. The molecule has 0 aromatic heterocycles. The lowest BCUT2D eigenvalue weighted by Crippen LogP contribution is -2.50. The molecule has 2 rings (SSSR count). The van der Waals surface area contributed by atoms with Gasteiger partial charge in [0.25, 0.3) is 0 Å². The Morgan fingerprint density at radius 1 is 1.25 bits per heavy atom. The average Bonchev–Trinajstić information content (AvgIpc) is 2.60. The molecule has 1 fully saturated rings. The monoisotopic (exact) mass is 476 g/mol. The molecule has 0 spiro atoms. The van der Waals surface area contributed by atoms with Crippen LogP contribution in [0.15, 0.2) is 10.5 Å². The molecule has 0 aliphatic carbocycles. The van der Waals surface area contributed by atoms with Crippen molar-refractivity contribution in [2.24, 2.45) is 0 Å². The topological polar surface area (TPSA) is 79.3 Å². The van der Waals surface area contributed by atoms with Gasteiger partial charge >= 0.3 is 12.1 Å². The smallest absolute Gasteiger partial charge is 0.410 e. The van der Waals surface area contributed by atoms with Crippen LogP contribution in [0.3, 0.4) is 0 Å². The predicted octanol–water partition coefficient (Wildman–Crippen LogP) is 4.14. The second-order valence-electron chi connectivity index (χ2n) is 7.69. The van der Waals surface area contributed by atoms with E-state index >= 15 is 0 Å². The molecule has 0 radical (unpaired) electrons. The number of aromatic carboxylic acids is 1. The zero-order valence-corrected chi connectivity index (χ0v) is 18.9. The molecule has 156 valence electrons. The molecule has 0 saturated carbocycles. The van der Waals surface area contributed by atoms with Gasteiger partial charge in [-0.3, -0.25) is 4.90 Å². The number of benzene rings is 1. The lowest BCUT2D eigenvalue weighted by atomic mass is 10.0. The Bertz CT molecular complexity index is 743. The van der Waals surface area contributed by atoms with Crippen molar-refractivity contribution in [3.05, 3.63) is 32.3 Å². The van der Waals surface area contributed by atoms with Crippen molar-refractivity contribution in [2.45, 2.75) is 39.9 Å². The summed E-state index contributed by atoms with van der Waals surface area (Å²) in [4.78, 5) is 27.4. The maximum atomic E-state index is 12.1. The van der Waals surface area contributed by atoms with E-state index in [1.165, 1.54) is 6.07 Å². The summed E-state index contributed by atoms with van der Waals surface area (Å²) in [5.74, 6) is -1.04. The van der Waals surface area contributed by atoms with Crippen LogP contribution in [0.5, 0.6) is 0 Å². The highest BCUT2D eigenvalue weighted by molar-refractivity contribution is 9.10. The second-order valence-corrected chi connectivity index (χ2v) is 8.89. The minimum Gasteiger partial charge on any atom is -0.478 e. The van der Waals surface area contributed by atoms with Crippen LogP contribution >= 0.6 is 27.5 Å². The first-order chi connectivity index (χ1) is 13.0. The van der Waals surface area contributed by atoms with Crippen LogP contribution in [0.4, 0.5) is 4.79 Å². The third kappa shape index (κ3) is 6.07. The number of rotatable bonds is 5. The van der Waals surface area contributed by atoms with Crippen LogP contribution in [0.2, 0.25) is 5.02 Å². The molecular formula is C19H26BrClN2O5. The van der Waals surface area contributed by atoms with E-state index < -0.39 is 11.6 Å². The summed E-state index contributed by atoms with van der Waals surface area (Å²) in [7, 11) is 0. The zero-order chi connectivity index (χ0) is 21.1. The molecular weight excluding hydrogens is 452 g/mol. The molecule has 0 bridgehead atoms. The molecule has 1 aliphatic rings. The van der Waals surface area contributed by atoms with Gasteiger partial charge in [0.05, 0.1) is 23.9 Å². The molecule has 1 N–H and O–H groups in total. The molecule has 1 aromatic rings. The van der Waals surface area contributed by atoms with E-state index in [0.717, 1.165) is 5.56 Å². The van der Waals surface area contributed by atoms with Gasteiger partial charge in [-0.1, -0.05) is 11.6 Å². The fraction of sp³-hybridized carbons (Fsp3) is 0.579. The van der Waals surface area contributed by atoms with Crippen molar-refractivity contribution < 1.29 is 24.2 Å². The molecule has 1 amide bonds. The Labute approximate surface area is 178 Å². The quantitative estimate of drug-likeness (QED) is 0.687. The fourth-order valence-corrected chi connectivity index (χ4v) is 3.44. The Hall–Kier alpha value is -1.35. The maximum absolute atomic E-state index is 12.1. The molecule has 1 aliphatic heterocycles. The lowest BCUT2D eigenvalue weighted by Gasteiger charge is -2.35. The van der Waals surface area contributed by atoms with Crippen LogP contribution in [-0.2, 0) is 16.1 Å². The molecule has 1 aromatic carbocycles. The van der Waals surface area contributed by atoms with Crippen LogP contribution in [0.1, 0.15) is 42.3 Å². The third-order valence-electron chi connectivity index (χ3n) is 4.36. The van der Waals surface area contributed by atoms with Crippen molar-refractivity contribution in [3.63, 3.8) is 0 Å². The number of carbonyl (C=O) groups excluding carboxylic acids is 1. The summed E-state index contributed by atoms with van der Waals surface area (Å²) in [5.41, 5.74) is 0.973. The van der Waals surface area contributed by atoms with Crippen LogP contribution in [0, 0.1) is 6.92 Å². The van der Waals surface area contributed by atoms with Crippen LogP contribution in [-0.4, -0.2) is 65.5 Å². The highest BCUT2D eigenvalue weighted by Gasteiger charge is 2.26. The summed E-state index contributed by atoms with van der Waals surface area (Å²) in [6.07, 6.45) is -0.305. The number of piperazine rings is 1. The van der Waals surface area contributed by atoms with Gasteiger partial charge in [-0.05, 0) is 60.8 Å². The summed E-state index contributed by atoms with van der Waals surface area (Å²) in [5, 5.41) is 9.78. The van der Waals surface area contributed by atoms with E-state index in [1.54, 1.807) is 11.8 Å². The normalized spacial score (nSPS) is 15.6. The number of ether oxygens (including phenoxy) is 2. The van der Waals surface area contributed by atoms with Gasteiger partial charge in [0.15, 0.2) is 0 Å². The van der Waals surface area contributed by atoms with Crippen LogP contribution in [0.25, 0.3) is 0 Å². The zero-order valence-electron chi connectivity index (χ0n) is 16.6. The molecule has 7 nitrogen and oxygen atoms in total. The van der Waals surface area contributed by atoms with E-state index in [4.69, 9.17) is 21.1 Å². The molecule has 9 heteroatoms. The summed E-state index contributed by atoms with van der Waals surface area (Å²) >= 11 is 9.45. The van der Waals surface area contributed by atoms with E-state index in [2.05, 4.69) is 20.8 Å². The van der Waals surface area contributed by atoms with E-state index in [1.807, 2.05) is 20.8 Å². The van der Waals surface area contributed by atoms with Crippen molar-refractivity contribution in [2.75, 3.05) is 32.9 Å². The van der Waals surface area contributed by atoms with Crippen molar-refractivity contribution in [3.8, 4) is 0 Å². The van der Waals surface area contributed by atoms with Crippen LogP contribution < -0.4 is 0 Å². The number of hydrogen-bond donors (Lipinski definition) is 1. The summed E-state index contributed by atoms with van der Waals surface area (Å²) in [6, 6.07) is 1.43. The lowest BCUT2D eigenvalue weighted by molar-refractivity contribution is -0.0183. The largest absolute Gasteiger partial charge is 0.478 e. The number of halogens is 2. The van der Waals surface area contributed by atoms with Gasteiger partial charge < -0.3 is 19.5 Å². The van der Waals surface area contributed by atoms with Gasteiger partial charge in [-0.2, -0.15) is 0 Å². The van der Waals surface area contributed by atoms with Gasteiger partial charge in [0.1, 0.15) is 5.60 Å². The minimum absolute atomic E-state index is 0.139. The fourth-order valence-electron chi connectivity index (χ4n) is 2.83. The molecule has 1 heterocycles. The SMILES string of the molecule is Cc1c(Br)c(Cl)cc(C(=O)O)c1COCN1CCN(C(=O)OC(C)(C)C)CC1. The first-order valence-electron chi connectivity index (χ1n) is 8.98. The summed E-state index contributed by atoms with van der Waals surface area (Å²) < 4.78 is 11.8. The Morgan fingerprint density at radius 2 is 1.86 bits per heavy atom. The Morgan fingerprint density at radius 3 is 2.39 bits per heavy atom. The van der Waals surface area contributed by atoms with E-state index in [0.29, 0.717) is 48.0 Å². The Kier molecular flexibility index (Phi) is 7.73. The highest BCUT2D eigenvalue weighted by Crippen LogP contribution is 2.31. The molecule has 0 atom stereocenters. The van der Waals surface area contributed by atoms with E-state index in [9.17, 15) is 14.7 Å².